The van der Waals surface area contributed by atoms with Crippen molar-refractivity contribution in [1.82, 2.24) is 20.9 Å². The Kier molecular flexibility index (Phi) is 7.51. The van der Waals surface area contributed by atoms with Crippen LogP contribution in [-0.2, 0) is 17.9 Å². The number of aliphatic imine (C=N–C) groups is 1. The minimum Gasteiger partial charge on any atom is -0.356 e. The van der Waals surface area contributed by atoms with Crippen molar-refractivity contribution >= 4 is 11.9 Å². The summed E-state index contributed by atoms with van der Waals surface area (Å²) < 4.78 is 0. The average Bonchev–Trinajstić information content (AvgIpc) is 3.34. The zero-order chi connectivity index (χ0) is 18.9. The summed E-state index contributed by atoms with van der Waals surface area (Å²) in [5, 5.41) is 9.63. The molecule has 0 radical (unpaired) electrons. The number of benzene rings is 1. The van der Waals surface area contributed by atoms with Gasteiger partial charge >= 0.3 is 0 Å². The lowest BCUT2D eigenvalue weighted by atomic mass is 10.1. The predicted octanol–water partition coefficient (Wildman–Crippen LogP) is 2.01. The summed E-state index contributed by atoms with van der Waals surface area (Å²) in [4.78, 5) is 18.4. The maximum atomic E-state index is 11.7. The summed E-state index contributed by atoms with van der Waals surface area (Å²) in [5.41, 5.74) is 2.62. The van der Waals surface area contributed by atoms with Gasteiger partial charge in [-0.2, -0.15) is 0 Å². The lowest BCUT2D eigenvalue weighted by molar-refractivity contribution is -0.121. The van der Waals surface area contributed by atoms with Gasteiger partial charge in [-0.3, -0.25) is 14.7 Å². The first-order valence-electron chi connectivity index (χ1n) is 10.3. The second-order valence-electron chi connectivity index (χ2n) is 7.60. The van der Waals surface area contributed by atoms with E-state index in [4.69, 9.17) is 0 Å². The van der Waals surface area contributed by atoms with Crippen molar-refractivity contribution in [3.63, 3.8) is 0 Å². The predicted molar refractivity (Wildman–Crippen MR) is 110 cm³/mol. The number of amides is 1. The van der Waals surface area contributed by atoms with Crippen molar-refractivity contribution in [3.8, 4) is 0 Å². The van der Waals surface area contributed by atoms with Crippen LogP contribution >= 0.6 is 0 Å². The van der Waals surface area contributed by atoms with Gasteiger partial charge in [0.1, 0.15) is 0 Å². The van der Waals surface area contributed by atoms with E-state index in [9.17, 15) is 4.79 Å². The summed E-state index contributed by atoms with van der Waals surface area (Å²) in [6.07, 6.45) is 6.32. The van der Waals surface area contributed by atoms with Gasteiger partial charge in [-0.05, 0) is 56.3 Å². The molecule has 2 fully saturated rings. The SMILES string of the molecule is CN=C(NCCCC(=O)NC1CC1)NCc1ccc(CN2CCCC2)cc1. The zero-order valence-corrected chi connectivity index (χ0v) is 16.5. The van der Waals surface area contributed by atoms with Crippen molar-refractivity contribution in [2.45, 2.75) is 57.7 Å². The first-order valence-corrected chi connectivity index (χ1v) is 10.3. The number of hydrogen-bond acceptors (Lipinski definition) is 3. The zero-order valence-electron chi connectivity index (χ0n) is 16.5. The molecule has 148 valence electrons. The molecule has 0 spiro atoms. The molecule has 6 nitrogen and oxygen atoms in total. The lowest BCUT2D eigenvalue weighted by Crippen LogP contribution is -2.37. The Morgan fingerprint density at radius 3 is 2.48 bits per heavy atom. The number of guanidine groups is 1. The Balaban J connectivity index is 1.31. The maximum Gasteiger partial charge on any atom is 0.220 e. The topological polar surface area (TPSA) is 68.8 Å². The van der Waals surface area contributed by atoms with Gasteiger partial charge in [0.2, 0.25) is 5.91 Å². The summed E-state index contributed by atoms with van der Waals surface area (Å²) in [6, 6.07) is 9.28. The van der Waals surface area contributed by atoms with Gasteiger partial charge in [0.05, 0.1) is 0 Å². The molecule has 2 aliphatic rings. The molecule has 1 amide bonds. The highest BCUT2D eigenvalue weighted by Crippen LogP contribution is 2.18. The van der Waals surface area contributed by atoms with E-state index < -0.39 is 0 Å². The van der Waals surface area contributed by atoms with Gasteiger partial charge in [0.25, 0.3) is 0 Å². The van der Waals surface area contributed by atoms with Crippen molar-refractivity contribution in [1.29, 1.82) is 0 Å². The van der Waals surface area contributed by atoms with Gasteiger partial charge in [-0.25, -0.2) is 0 Å². The van der Waals surface area contributed by atoms with E-state index in [1.807, 2.05) is 0 Å². The van der Waals surface area contributed by atoms with Crippen molar-refractivity contribution in [3.05, 3.63) is 35.4 Å². The number of nitrogens with zero attached hydrogens (tertiary/aromatic N) is 2. The molecule has 1 heterocycles. The Hall–Kier alpha value is -2.08. The minimum atomic E-state index is 0.163. The van der Waals surface area contributed by atoms with E-state index in [-0.39, 0.29) is 5.91 Å². The molecule has 6 heteroatoms. The molecule has 0 unspecified atom stereocenters. The summed E-state index contributed by atoms with van der Waals surface area (Å²) in [7, 11) is 1.77. The highest BCUT2D eigenvalue weighted by Gasteiger charge is 2.22. The van der Waals surface area contributed by atoms with Crippen LogP contribution in [0.15, 0.2) is 29.3 Å². The summed E-state index contributed by atoms with van der Waals surface area (Å²) in [5.74, 6) is 0.940. The highest BCUT2D eigenvalue weighted by atomic mass is 16.1. The molecule has 1 aliphatic heterocycles. The van der Waals surface area contributed by atoms with Crippen LogP contribution in [0.25, 0.3) is 0 Å². The first kappa shape index (κ1) is 19.7. The standard InChI is InChI=1S/C21H33N5O/c1-22-21(23-12-4-5-20(27)25-19-10-11-19)24-15-17-6-8-18(9-7-17)16-26-13-2-3-14-26/h6-9,19H,2-5,10-16H2,1H3,(H,25,27)(H2,22,23,24). The fraction of sp³-hybridized carbons (Fsp3) is 0.619. The monoisotopic (exact) mass is 371 g/mol. The molecule has 0 atom stereocenters. The Bertz CT molecular complexity index is 618. The third-order valence-electron chi connectivity index (χ3n) is 5.13. The fourth-order valence-electron chi connectivity index (χ4n) is 3.35. The molecule has 1 saturated heterocycles. The van der Waals surface area contributed by atoms with Gasteiger partial charge in [-0.15, -0.1) is 0 Å². The van der Waals surface area contributed by atoms with Gasteiger partial charge in [-0.1, -0.05) is 24.3 Å². The molecular formula is C21H33N5O. The van der Waals surface area contributed by atoms with Gasteiger partial charge in [0.15, 0.2) is 5.96 Å². The van der Waals surface area contributed by atoms with E-state index in [1.54, 1.807) is 7.05 Å². The first-order chi connectivity index (χ1) is 13.2. The highest BCUT2D eigenvalue weighted by molar-refractivity contribution is 5.80. The molecule has 3 N–H and O–H groups in total. The molecule has 1 aliphatic carbocycles. The van der Waals surface area contributed by atoms with Crippen LogP contribution in [0.2, 0.25) is 0 Å². The van der Waals surface area contributed by atoms with E-state index in [2.05, 4.69) is 50.1 Å². The molecule has 1 saturated carbocycles. The molecular weight excluding hydrogens is 338 g/mol. The molecule has 0 aromatic heterocycles. The normalized spacial score (nSPS) is 17.7. The van der Waals surface area contributed by atoms with Crippen LogP contribution in [0.1, 0.15) is 49.7 Å². The van der Waals surface area contributed by atoms with Gasteiger partial charge < -0.3 is 16.0 Å². The van der Waals surface area contributed by atoms with Crippen LogP contribution in [0, 0.1) is 0 Å². The van der Waals surface area contributed by atoms with Crippen LogP contribution in [0.3, 0.4) is 0 Å². The van der Waals surface area contributed by atoms with Crippen LogP contribution in [0.4, 0.5) is 0 Å². The number of nitrogens with one attached hydrogen (secondary N) is 3. The van der Waals surface area contributed by atoms with Crippen molar-refractivity contribution in [2.75, 3.05) is 26.7 Å². The number of carbonyl (C=O) groups is 1. The van der Waals surface area contributed by atoms with Crippen LogP contribution < -0.4 is 16.0 Å². The van der Waals surface area contributed by atoms with E-state index in [0.717, 1.165) is 44.9 Å². The molecule has 1 aromatic carbocycles. The number of likely N-dealkylation sites (tertiary alicyclic amines) is 1. The largest absolute Gasteiger partial charge is 0.356 e. The Labute approximate surface area is 162 Å². The number of carbonyl (C=O) groups excluding carboxylic acids is 1. The Morgan fingerprint density at radius 2 is 1.81 bits per heavy atom. The lowest BCUT2D eigenvalue weighted by Gasteiger charge is -2.15. The second-order valence-corrected chi connectivity index (χ2v) is 7.60. The van der Waals surface area contributed by atoms with Gasteiger partial charge in [0, 0.05) is 39.1 Å². The van der Waals surface area contributed by atoms with E-state index >= 15 is 0 Å². The number of hydrogen-bond donors (Lipinski definition) is 3. The average molecular weight is 372 g/mol. The van der Waals surface area contributed by atoms with E-state index in [0.29, 0.717) is 12.5 Å². The third kappa shape index (κ3) is 7.21. The van der Waals surface area contributed by atoms with E-state index in [1.165, 1.54) is 37.1 Å². The van der Waals surface area contributed by atoms with Crippen LogP contribution in [-0.4, -0.2) is 49.5 Å². The quantitative estimate of drug-likeness (QED) is 0.353. The molecule has 27 heavy (non-hydrogen) atoms. The van der Waals surface area contributed by atoms with Crippen molar-refractivity contribution in [2.24, 2.45) is 4.99 Å². The summed E-state index contributed by atoms with van der Waals surface area (Å²) >= 11 is 0. The molecule has 3 rings (SSSR count). The molecule has 0 bridgehead atoms. The molecule has 1 aromatic rings. The Morgan fingerprint density at radius 1 is 1.11 bits per heavy atom. The van der Waals surface area contributed by atoms with Crippen LogP contribution in [0.5, 0.6) is 0 Å². The fourth-order valence-corrected chi connectivity index (χ4v) is 3.35. The number of rotatable bonds is 9. The maximum absolute atomic E-state index is 11.7. The van der Waals surface area contributed by atoms with Crippen molar-refractivity contribution < 1.29 is 4.79 Å². The minimum absolute atomic E-state index is 0.163. The smallest absolute Gasteiger partial charge is 0.220 e. The third-order valence-corrected chi connectivity index (χ3v) is 5.13. The summed E-state index contributed by atoms with van der Waals surface area (Å²) in [6.45, 7) is 5.00. The second kappa shape index (κ2) is 10.3.